The van der Waals surface area contributed by atoms with Gasteiger partial charge in [0, 0.05) is 26.1 Å². The lowest BCUT2D eigenvalue weighted by molar-refractivity contribution is -0.141. The van der Waals surface area contributed by atoms with Gasteiger partial charge in [-0.05, 0) is 37.2 Å². The fourth-order valence-corrected chi connectivity index (χ4v) is 4.21. The first-order valence-electron chi connectivity index (χ1n) is 9.73. The van der Waals surface area contributed by atoms with E-state index in [2.05, 4.69) is 24.3 Å². The number of likely N-dealkylation sites (tertiary alicyclic amines) is 1. The minimum absolute atomic E-state index is 0.0958. The molecule has 0 aromatic heterocycles. The predicted octanol–water partition coefficient (Wildman–Crippen LogP) is 3.57. The molecule has 1 heterocycles. The zero-order valence-corrected chi connectivity index (χ0v) is 15.3. The Labute approximate surface area is 151 Å². The quantitative estimate of drug-likeness (QED) is 0.839. The maximum atomic E-state index is 12.7. The van der Waals surface area contributed by atoms with Crippen molar-refractivity contribution in [3.63, 3.8) is 0 Å². The van der Waals surface area contributed by atoms with Gasteiger partial charge in [-0.25, -0.2) is 0 Å². The number of nitrogens with zero attached hydrogens (tertiary/aromatic N) is 2. The fourth-order valence-electron chi connectivity index (χ4n) is 4.21. The second-order valence-electron chi connectivity index (χ2n) is 7.55. The molecule has 2 amide bonds. The summed E-state index contributed by atoms with van der Waals surface area (Å²) < 4.78 is 0. The lowest BCUT2D eigenvalue weighted by atomic mass is 9.92. The predicted molar refractivity (Wildman–Crippen MR) is 99.3 cm³/mol. The van der Waals surface area contributed by atoms with Crippen LogP contribution in [0.5, 0.6) is 0 Å². The minimum atomic E-state index is 0.0958. The van der Waals surface area contributed by atoms with E-state index < -0.39 is 0 Å². The molecule has 1 saturated heterocycles. The molecule has 4 heteroatoms. The molecule has 1 unspecified atom stereocenters. The summed E-state index contributed by atoms with van der Waals surface area (Å²) in [5, 5.41) is 0. The molecule has 3 rings (SSSR count). The number of carbonyl (C=O) groups excluding carboxylic acids is 2. The van der Waals surface area contributed by atoms with Gasteiger partial charge in [0.05, 0.1) is 6.54 Å². The average molecular weight is 342 g/mol. The topological polar surface area (TPSA) is 40.6 Å². The molecule has 1 saturated carbocycles. The van der Waals surface area contributed by atoms with Crippen molar-refractivity contribution < 1.29 is 9.59 Å². The summed E-state index contributed by atoms with van der Waals surface area (Å²) in [6.07, 6.45) is 8.28. The Hall–Kier alpha value is -1.84. The largest absolute Gasteiger partial charge is 0.341 e. The Bertz CT molecular complexity index is 581. The first-order chi connectivity index (χ1) is 12.1. The zero-order chi connectivity index (χ0) is 17.6. The maximum Gasteiger partial charge on any atom is 0.242 e. The lowest BCUT2D eigenvalue weighted by Gasteiger charge is -2.33. The Morgan fingerprint density at radius 2 is 1.80 bits per heavy atom. The molecule has 0 bridgehead atoms. The molecule has 1 aromatic carbocycles. The normalized spacial score (nSPS) is 22.5. The van der Waals surface area contributed by atoms with Crippen molar-refractivity contribution in [2.75, 3.05) is 20.1 Å². The van der Waals surface area contributed by atoms with Crippen molar-refractivity contribution in [3.8, 4) is 0 Å². The van der Waals surface area contributed by atoms with E-state index in [1.165, 1.54) is 24.8 Å². The van der Waals surface area contributed by atoms with E-state index in [1.807, 2.05) is 18.0 Å². The van der Waals surface area contributed by atoms with Crippen molar-refractivity contribution in [2.24, 2.45) is 0 Å². The van der Waals surface area contributed by atoms with Crippen molar-refractivity contribution in [1.82, 2.24) is 9.80 Å². The van der Waals surface area contributed by atoms with Crippen molar-refractivity contribution >= 4 is 11.8 Å². The SMILES string of the molecule is CN(C(=O)CN1CCC(c2ccccc2)CCC1=O)C1CCCCC1. The highest BCUT2D eigenvalue weighted by molar-refractivity contribution is 5.85. The molecule has 1 aliphatic carbocycles. The number of rotatable bonds is 4. The summed E-state index contributed by atoms with van der Waals surface area (Å²) in [5.74, 6) is 0.642. The van der Waals surface area contributed by atoms with Crippen LogP contribution in [0, 0.1) is 0 Å². The van der Waals surface area contributed by atoms with Gasteiger partial charge in [0.1, 0.15) is 0 Å². The van der Waals surface area contributed by atoms with E-state index in [4.69, 9.17) is 0 Å². The Morgan fingerprint density at radius 3 is 2.52 bits per heavy atom. The van der Waals surface area contributed by atoms with Crippen molar-refractivity contribution in [3.05, 3.63) is 35.9 Å². The maximum absolute atomic E-state index is 12.7. The van der Waals surface area contributed by atoms with Crippen molar-refractivity contribution in [2.45, 2.75) is 63.3 Å². The Morgan fingerprint density at radius 1 is 1.08 bits per heavy atom. The Balaban J connectivity index is 1.57. The number of carbonyl (C=O) groups is 2. The van der Waals surface area contributed by atoms with E-state index in [0.29, 0.717) is 24.9 Å². The number of benzene rings is 1. The Kier molecular flexibility index (Phi) is 6.11. The van der Waals surface area contributed by atoms with Crippen LogP contribution in [0.25, 0.3) is 0 Å². The van der Waals surface area contributed by atoms with Crippen LogP contribution >= 0.6 is 0 Å². The van der Waals surface area contributed by atoms with Crippen LogP contribution in [0.3, 0.4) is 0 Å². The number of hydrogen-bond donors (Lipinski definition) is 0. The fraction of sp³-hybridized carbons (Fsp3) is 0.619. The van der Waals surface area contributed by atoms with Crippen LogP contribution in [0.1, 0.15) is 62.8 Å². The van der Waals surface area contributed by atoms with E-state index in [1.54, 1.807) is 4.90 Å². The van der Waals surface area contributed by atoms with Gasteiger partial charge in [-0.1, -0.05) is 49.6 Å². The molecule has 0 spiro atoms. The smallest absolute Gasteiger partial charge is 0.242 e. The van der Waals surface area contributed by atoms with Crippen LogP contribution in [-0.4, -0.2) is 47.8 Å². The van der Waals surface area contributed by atoms with E-state index in [0.717, 1.165) is 25.7 Å². The lowest BCUT2D eigenvalue weighted by Crippen LogP contribution is -2.45. The molecule has 136 valence electrons. The molecule has 4 nitrogen and oxygen atoms in total. The van der Waals surface area contributed by atoms with Crippen molar-refractivity contribution in [1.29, 1.82) is 0 Å². The van der Waals surface area contributed by atoms with Gasteiger partial charge in [0.25, 0.3) is 0 Å². The highest BCUT2D eigenvalue weighted by Gasteiger charge is 2.28. The summed E-state index contributed by atoms with van der Waals surface area (Å²) in [6, 6.07) is 10.8. The summed E-state index contributed by atoms with van der Waals surface area (Å²) in [4.78, 5) is 28.8. The van der Waals surface area contributed by atoms with Crippen LogP contribution in [0.4, 0.5) is 0 Å². The second-order valence-corrected chi connectivity index (χ2v) is 7.55. The standard InChI is InChI=1S/C21H30N2O2/c1-22(19-10-6-3-7-11-19)21(25)16-23-15-14-18(12-13-20(23)24)17-8-4-2-5-9-17/h2,4-5,8-9,18-19H,3,6-7,10-16H2,1H3. The monoisotopic (exact) mass is 342 g/mol. The highest BCUT2D eigenvalue weighted by atomic mass is 16.2. The summed E-state index contributed by atoms with van der Waals surface area (Å²) in [7, 11) is 1.91. The molecule has 1 aliphatic heterocycles. The number of hydrogen-bond acceptors (Lipinski definition) is 2. The van der Waals surface area contributed by atoms with Crippen LogP contribution < -0.4 is 0 Å². The van der Waals surface area contributed by atoms with E-state index in [-0.39, 0.29) is 18.4 Å². The molecule has 2 aliphatic rings. The minimum Gasteiger partial charge on any atom is -0.341 e. The molecule has 2 fully saturated rings. The van der Waals surface area contributed by atoms with Crippen LogP contribution in [-0.2, 0) is 9.59 Å². The third kappa shape index (κ3) is 4.62. The van der Waals surface area contributed by atoms with Gasteiger partial charge < -0.3 is 9.80 Å². The van der Waals surface area contributed by atoms with Gasteiger partial charge >= 0.3 is 0 Å². The van der Waals surface area contributed by atoms with Gasteiger partial charge in [-0.15, -0.1) is 0 Å². The number of likely N-dealkylation sites (N-methyl/N-ethyl adjacent to an activating group) is 1. The van der Waals surface area contributed by atoms with Gasteiger partial charge in [-0.3, -0.25) is 9.59 Å². The molecule has 0 N–H and O–H groups in total. The summed E-state index contributed by atoms with van der Waals surface area (Å²) >= 11 is 0. The summed E-state index contributed by atoms with van der Waals surface area (Å²) in [6.45, 7) is 0.927. The van der Waals surface area contributed by atoms with Gasteiger partial charge in [-0.2, -0.15) is 0 Å². The first-order valence-corrected chi connectivity index (χ1v) is 9.73. The van der Waals surface area contributed by atoms with E-state index >= 15 is 0 Å². The molecule has 0 radical (unpaired) electrons. The summed E-state index contributed by atoms with van der Waals surface area (Å²) in [5.41, 5.74) is 1.31. The second kappa shape index (κ2) is 8.50. The molecule has 1 atom stereocenters. The van der Waals surface area contributed by atoms with Crippen LogP contribution in [0.2, 0.25) is 0 Å². The van der Waals surface area contributed by atoms with Crippen LogP contribution in [0.15, 0.2) is 30.3 Å². The highest BCUT2D eigenvalue weighted by Crippen LogP contribution is 2.28. The molecular formula is C21H30N2O2. The third-order valence-electron chi connectivity index (χ3n) is 5.92. The first kappa shape index (κ1) is 18.0. The van der Waals surface area contributed by atoms with Gasteiger partial charge in [0.15, 0.2) is 0 Å². The molecule has 1 aromatic rings. The van der Waals surface area contributed by atoms with E-state index in [9.17, 15) is 9.59 Å². The zero-order valence-electron chi connectivity index (χ0n) is 15.3. The third-order valence-corrected chi connectivity index (χ3v) is 5.92. The van der Waals surface area contributed by atoms with Gasteiger partial charge in [0.2, 0.25) is 11.8 Å². The number of amides is 2. The average Bonchev–Trinajstić information content (AvgIpc) is 2.84. The molecular weight excluding hydrogens is 312 g/mol. The molecule has 25 heavy (non-hydrogen) atoms.